The molecule has 0 saturated carbocycles. The van der Waals surface area contributed by atoms with E-state index in [4.69, 9.17) is 19.3 Å². The monoisotopic (exact) mass is 490 g/mol. The quantitative estimate of drug-likeness (QED) is 0.142. The van der Waals surface area contributed by atoms with Crippen LogP contribution in [-0.4, -0.2) is 76.9 Å². The second-order valence-corrected chi connectivity index (χ2v) is 9.56. The molecule has 34 heavy (non-hydrogen) atoms. The van der Waals surface area contributed by atoms with Crippen molar-refractivity contribution in [3.8, 4) is 0 Å². The number of ether oxygens (including phenoxy) is 3. The van der Waals surface area contributed by atoms with Crippen LogP contribution >= 0.6 is 0 Å². The van der Waals surface area contributed by atoms with Gasteiger partial charge in [0.2, 0.25) is 0 Å². The van der Waals surface area contributed by atoms with Gasteiger partial charge in [-0.15, -0.1) is 0 Å². The molecule has 0 aromatic carbocycles. The zero-order valence-electron chi connectivity index (χ0n) is 21.3. The van der Waals surface area contributed by atoms with Gasteiger partial charge in [-0.3, -0.25) is 0 Å². The van der Waals surface area contributed by atoms with Gasteiger partial charge in [0.25, 0.3) is 5.79 Å². The van der Waals surface area contributed by atoms with Crippen LogP contribution in [0.4, 0.5) is 0 Å². The molecule has 4 N–H and O–H groups in total. The van der Waals surface area contributed by atoms with Crippen molar-refractivity contribution in [1.82, 2.24) is 0 Å². The molecule has 0 radical (unpaired) electrons. The number of aliphatic hydroxyl groups excluding tert-OH is 3. The summed E-state index contributed by atoms with van der Waals surface area (Å²) in [6, 6.07) is 0. The molecule has 8 heteroatoms. The van der Waals surface area contributed by atoms with Gasteiger partial charge in [-0.1, -0.05) is 77.6 Å². The van der Waals surface area contributed by atoms with Gasteiger partial charge in [-0.2, -0.15) is 0 Å². The highest BCUT2D eigenvalue weighted by atomic mass is 16.7. The molecule has 202 valence electrons. The third-order valence-corrected chi connectivity index (χ3v) is 6.44. The first-order valence-electron chi connectivity index (χ1n) is 13.6. The summed E-state index contributed by atoms with van der Waals surface area (Å²) in [5.74, 6) is -3.04. The molecule has 4 atom stereocenters. The number of carbonyl (C=O) groups excluding carboxylic acids is 1. The molecule has 8 nitrogen and oxygen atoms in total. The number of rotatable bonds is 21. The maximum atomic E-state index is 12.3. The van der Waals surface area contributed by atoms with Gasteiger partial charge in [-0.05, 0) is 19.3 Å². The Hall–Kier alpha value is -0.770. The van der Waals surface area contributed by atoms with Crippen molar-refractivity contribution in [2.24, 2.45) is 0 Å². The molecule has 1 saturated heterocycles. The van der Waals surface area contributed by atoms with Crippen molar-refractivity contribution >= 4 is 5.97 Å². The fourth-order valence-electron chi connectivity index (χ4n) is 4.24. The first-order chi connectivity index (χ1) is 16.4. The van der Waals surface area contributed by atoms with Gasteiger partial charge in [0, 0.05) is 26.1 Å². The highest BCUT2D eigenvalue weighted by Gasteiger charge is 2.46. The summed E-state index contributed by atoms with van der Waals surface area (Å²) in [7, 11) is 0. The normalized spacial score (nSPS) is 22.4. The predicted octanol–water partition coefficient (Wildman–Crippen LogP) is 3.61. The fraction of sp³-hybridized carbons (Fsp3) is 0.962. The van der Waals surface area contributed by atoms with Crippen LogP contribution in [0, 0.1) is 0 Å². The van der Waals surface area contributed by atoms with Crippen LogP contribution < -0.4 is 0 Å². The van der Waals surface area contributed by atoms with Crippen LogP contribution in [0.25, 0.3) is 0 Å². The van der Waals surface area contributed by atoms with Crippen molar-refractivity contribution in [2.45, 2.75) is 134 Å². The number of carbonyl (C=O) groups is 1. The molecule has 1 aliphatic heterocycles. The molecule has 0 spiro atoms. The summed E-state index contributed by atoms with van der Waals surface area (Å²) >= 11 is 0. The minimum Gasteiger partial charge on any atom is -0.462 e. The van der Waals surface area contributed by atoms with Gasteiger partial charge in [-0.25, -0.2) is 4.79 Å². The minimum atomic E-state index is -2.14. The maximum absolute atomic E-state index is 12.3. The van der Waals surface area contributed by atoms with E-state index in [9.17, 15) is 20.1 Å². The van der Waals surface area contributed by atoms with Crippen LogP contribution in [-0.2, 0) is 19.0 Å². The smallest absolute Gasteiger partial charge is 0.366 e. The van der Waals surface area contributed by atoms with E-state index in [0.29, 0.717) is 32.5 Å². The molecule has 0 aromatic rings. The maximum Gasteiger partial charge on any atom is 0.366 e. The Morgan fingerprint density at radius 3 is 2.06 bits per heavy atom. The van der Waals surface area contributed by atoms with E-state index in [0.717, 1.165) is 6.42 Å². The van der Waals surface area contributed by atoms with Crippen LogP contribution in [0.2, 0.25) is 0 Å². The van der Waals surface area contributed by atoms with Crippen LogP contribution in [0.15, 0.2) is 0 Å². The zero-order chi connectivity index (χ0) is 25.1. The first kappa shape index (κ1) is 31.3. The van der Waals surface area contributed by atoms with Gasteiger partial charge in [0.05, 0.1) is 19.3 Å². The SMILES string of the molecule is CCCCCCCCCCCCCCOCCCOC(=O)C1(O)CCCC(C(O)C(O)CO)O1. The van der Waals surface area contributed by atoms with Crippen molar-refractivity contribution in [2.75, 3.05) is 26.4 Å². The van der Waals surface area contributed by atoms with Crippen LogP contribution in [0.3, 0.4) is 0 Å². The molecule has 0 bridgehead atoms. The lowest BCUT2D eigenvalue weighted by Crippen LogP contribution is -2.53. The van der Waals surface area contributed by atoms with Crippen molar-refractivity contribution in [1.29, 1.82) is 0 Å². The third-order valence-electron chi connectivity index (χ3n) is 6.44. The summed E-state index contributed by atoms with van der Waals surface area (Å²) in [5, 5.41) is 39.0. The van der Waals surface area contributed by atoms with Gasteiger partial charge < -0.3 is 34.6 Å². The molecule has 1 fully saturated rings. The summed E-state index contributed by atoms with van der Waals surface area (Å²) in [6.07, 6.45) is 13.3. The highest BCUT2D eigenvalue weighted by Crippen LogP contribution is 2.30. The van der Waals surface area contributed by atoms with Crippen molar-refractivity contribution < 1.29 is 39.4 Å². The highest BCUT2D eigenvalue weighted by molar-refractivity contribution is 5.77. The summed E-state index contributed by atoms with van der Waals surface area (Å²) < 4.78 is 16.1. The zero-order valence-corrected chi connectivity index (χ0v) is 21.3. The fourth-order valence-corrected chi connectivity index (χ4v) is 4.24. The lowest BCUT2D eigenvalue weighted by Gasteiger charge is -2.37. The number of esters is 1. The molecule has 1 aliphatic rings. The van der Waals surface area contributed by atoms with E-state index >= 15 is 0 Å². The Morgan fingerprint density at radius 1 is 0.912 bits per heavy atom. The molecule has 1 rings (SSSR count). The molecule has 0 aliphatic carbocycles. The van der Waals surface area contributed by atoms with Crippen molar-refractivity contribution in [3.05, 3.63) is 0 Å². The summed E-state index contributed by atoms with van der Waals surface area (Å²) in [4.78, 5) is 12.3. The third kappa shape index (κ3) is 13.4. The number of hydrogen-bond donors (Lipinski definition) is 4. The molecule has 1 heterocycles. The number of hydrogen-bond acceptors (Lipinski definition) is 8. The molecular formula is C26H50O8. The van der Waals surface area contributed by atoms with Crippen LogP contribution in [0.5, 0.6) is 0 Å². The predicted molar refractivity (Wildman–Crippen MR) is 130 cm³/mol. The average molecular weight is 491 g/mol. The van der Waals surface area contributed by atoms with E-state index in [1.807, 2.05) is 0 Å². The number of unbranched alkanes of at least 4 members (excludes halogenated alkanes) is 11. The Labute approximate surface area is 206 Å². The van der Waals surface area contributed by atoms with Crippen LogP contribution in [0.1, 0.15) is 110 Å². The Bertz CT molecular complexity index is 503. The van der Waals surface area contributed by atoms with E-state index in [1.165, 1.54) is 70.6 Å². The number of aliphatic hydroxyl groups is 4. The molecule has 0 amide bonds. The van der Waals surface area contributed by atoms with Gasteiger partial charge in [0.1, 0.15) is 12.2 Å². The van der Waals surface area contributed by atoms with Crippen molar-refractivity contribution in [3.63, 3.8) is 0 Å². The second-order valence-electron chi connectivity index (χ2n) is 9.56. The van der Waals surface area contributed by atoms with Gasteiger partial charge >= 0.3 is 5.97 Å². The largest absolute Gasteiger partial charge is 0.462 e. The summed E-state index contributed by atoms with van der Waals surface area (Å²) in [5.41, 5.74) is 0. The topological polar surface area (TPSA) is 126 Å². The Balaban J connectivity index is 1.97. The molecule has 4 unspecified atom stereocenters. The first-order valence-corrected chi connectivity index (χ1v) is 13.6. The Kier molecular flexibility index (Phi) is 17.9. The lowest BCUT2D eigenvalue weighted by atomic mass is 9.96. The standard InChI is InChI=1S/C26H50O8/c1-2-3-4-5-6-7-8-9-10-11-12-13-18-32-19-15-20-33-25(30)26(31)17-14-16-23(34-26)24(29)22(28)21-27/h22-24,27-29,31H,2-21H2,1H3. The summed E-state index contributed by atoms with van der Waals surface area (Å²) in [6.45, 7) is 2.90. The van der Waals surface area contributed by atoms with E-state index in [1.54, 1.807) is 0 Å². The Morgan fingerprint density at radius 2 is 1.47 bits per heavy atom. The minimum absolute atomic E-state index is 0.0553. The van der Waals surface area contributed by atoms with Gasteiger partial charge in [0.15, 0.2) is 0 Å². The molecule has 0 aromatic heterocycles. The van der Waals surface area contributed by atoms with E-state index in [2.05, 4.69) is 6.92 Å². The van der Waals surface area contributed by atoms with E-state index in [-0.39, 0.29) is 13.0 Å². The lowest BCUT2D eigenvalue weighted by molar-refractivity contribution is -0.277. The molecular weight excluding hydrogens is 440 g/mol. The average Bonchev–Trinajstić information content (AvgIpc) is 2.84. The van der Waals surface area contributed by atoms with E-state index < -0.39 is 36.7 Å². The second kappa shape index (κ2) is 19.4.